The third-order valence-electron chi connectivity index (χ3n) is 3.27. The topological polar surface area (TPSA) is 52.0 Å². The zero-order chi connectivity index (χ0) is 14.4. The number of hydrogen-bond donors (Lipinski definition) is 1. The molecule has 0 spiro atoms. The Morgan fingerprint density at radius 3 is 2.90 bits per heavy atom. The van der Waals surface area contributed by atoms with Gasteiger partial charge >= 0.3 is 0 Å². The predicted octanol–water partition coefficient (Wildman–Crippen LogP) is 2.20. The Morgan fingerprint density at radius 2 is 2.25 bits per heavy atom. The van der Waals surface area contributed by atoms with Crippen molar-refractivity contribution in [2.75, 3.05) is 13.7 Å². The standard InChI is InChI=1S/C15H22N4O/c1-4-16-14(9-12-10-18-19(5-2)11-12)13-7-6-8-17-15(13)20-3/h6-8,10-11,14,16H,4-5,9H2,1-3H3. The Kier molecular flexibility index (Phi) is 5.12. The van der Waals surface area contributed by atoms with Gasteiger partial charge in [0.15, 0.2) is 0 Å². The summed E-state index contributed by atoms with van der Waals surface area (Å²) < 4.78 is 7.31. The molecule has 20 heavy (non-hydrogen) atoms. The van der Waals surface area contributed by atoms with Crippen LogP contribution >= 0.6 is 0 Å². The lowest BCUT2D eigenvalue weighted by Gasteiger charge is -2.19. The van der Waals surface area contributed by atoms with Gasteiger partial charge in [-0.1, -0.05) is 13.0 Å². The Bertz CT molecular complexity index is 538. The smallest absolute Gasteiger partial charge is 0.217 e. The van der Waals surface area contributed by atoms with E-state index in [1.807, 2.05) is 16.9 Å². The summed E-state index contributed by atoms with van der Waals surface area (Å²) in [5.41, 5.74) is 2.30. The van der Waals surface area contributed by atoms with Crippen LogP contribution in [-0.2, 0) is 13.0 Å². The summed E-state index contributed by atoms with van der Waals surface area (Å²) in [5.74, 6) is 0.682. The third kappa shape index (κ3) is 3.36. The Morgan fingerprint density at radius 1 is 1.40 bits per heavy atom. The van der Waals surface area contributed by atoms with Gasteiger partial charge in [-0.2, -0.15) is 5.10 Å². The number of ether oxygens (including phenoxy) is 1. The summed E-state index contributed by atoms with van der Waals surface area (Å²) >= 11 is 0. The fraction of sp³-hybridized carbons (Fsp3) is 0.467. The summed E-state index contributed by atoms with van der Waals surface area (Å²) in [6.07, 6.45) is 6.64. The van der Waals surface area contributed by atoms with Gasteiger partial charge in [-0.15, -0.1) is 0 Å². The molecule has 0 bridgehead atoms. The summed E-state index contributed by atoms with van der Waals surface area (Å²) in [7, 11) is 1.66. The van der Waals surface area contributed by atoms with Crippen LogP contribution in [0, 0.1) is 0 Å². The highest BCUT2D eigenvalue weighted by atomic mass is 16.5. The molecular weight excluding hydrogens is 252 g/mol. The number of likely N-dealkylation sites (N-methyl/N-ethyl adjacent to an activating group) is 1. The van der Waals surface area contributed by atoms with Crippen molar-refractivity contribution in [2.24, 2.45) is 0 Å². The average Bonchev–Trinajstić information content (AvgIpc) is 2.94. The molecule has 0 aliphatic heterocycles. The minimum atomic E-state index is 0.179. The van der Waals surface area contributed by atoms with Crippen LogP contribution in [0.4, 0.5) is 0 Å². The second kappa shape index (κ2) is 7.05. The molecule has 2 heterocycles. The van der Waals surface area contributed by atoms with Crippen LogP contribution in [0.2, 0.25) is 0 Å². The lowest BCUT2D eigenvalue weighted by atomic mass is 10.0. The van der Waals surface area contributed by atoms with Gasteiger partial charge in [0.25, 0.3) is 0 Å². The molecule has 2 aromatic rings. The predicted molar refractivity (Wildman–Crippen MR) is 78.8 cm³/mol. The fourth-order valence-corrected chi connectivity index (χ4v) is 2.30. The first-order valence-corrected chi connectivity index (χ1v) is 7.02. The van der Waals surface area contributed by atoms with E-state index in [1.54, 1.807) is 13.3 Å². The number of hydrogen-bond acceptors (Lipinski definition) is 4. The molecule has 1 N–H and O–H groups in total. The Balaban J connectivity index is 2.21. The Labute approximate surface area is 120 Å². The first-order chi connectivity index (χ1) is 9.78. The number of methoxy groups -OCH3 is 1. The van der Waals surface area contributed by atoms with E-state index in [9.17, 15) is 0 Å². The SMILES string of the molecule is CCNC(Cc1cnn(CC)c1)c1cccnc1OC. The van der Waals surface area contributed by atoms with Gasteiger partial charge in [0.05, 0.1) is 13.3 Å². The molecule has 0 radical (unpaired) electrons. The van der Waals surface area contributed by atoms with E-state index in [1.165, 1.54) is 5.56 Å². The van der Waals surface area contributed by atoms with Gasteiger partial charge in [0.1, 0.15) is 0 Å². The lowest BCUT2D eigenvalue weighted by molar-refractivity contribution is 0.382. The maximum Gasteiger partial charge on any atom is 0.217 e. The van der Waals surface area contributed by atoms with E-state index in [0.29, 0.717) is 5.88 Å². The van der Waals surface area contributed by atoms with E-state index in [4.69, 9.17) is 4.74 Å². The van der Waals surface area contributed by atoms with E-state index in [-0.39, 0.29) is 6.04 Å². The van der Waals surface area contributed by atoms with E-state index >= 15 is 0 Å². The molecule has 0 fully saturated rings. The number of nitrogens with zero attached hydrogens (tertiary/aromatic N) is 3. The van der Waals surface area contributed by atoms with Crippen molar-refractivity contribution in [2.45, 2.75) is 32.9 Å². The molecule has 5 nitrogen and oxygen atoms in total. The van der Waals surface area contributed by atoms with Gasteiger partial charge in [-0.25, -0.2) is 4.98 Å². The van der Waals surface area contributed by atoms with Crippen molar-refractivity contribution >= 4 is 0 Å². The number of nitrogens with one attached hydrogen (secondary N) is 1. The van der Waals surface area contributed by atoms with Crippen LogP contribution in [0.1, 0.15) is 31.0 Å². The molecule has 108 valence electrons. The molecule has 0 saturated heterocycles. The zero-order valence-electron chi connectivity index (χ0n) is 12.3. The first kappa shape index (κ1) is 14.5. The van der Waals surface area contributed by atoms with Crippen molar-refractivity contribution in [3.8, 4) is 5.88 Å². The van der Waals surface area contributed by atoms with Crippen LogP contribution in [0.25, 0.3) is 0 Å². The number of pyridine rings is 1. The molecule has 5 heteroatoms. The monoisotopic (exact) mass is 274 g/mol. The molecule has 2 rings (SSSR count). The highest BCUT2D eigenvalue weighted by Crippen LogP contribution is 2.25. The van der Waals surface area contributed by atoms with Crippen LogP contribution < -0.4 is 10.1 Å². The summed E-state index contributed by atoms with van der Waals surface area (Å²) in [5, 5.41) is 7.82. The molecule has 1 unspecified atom stereocenters. The molecular formula is C15H22N4O. The minimum absolute atomic E-state index is 0.179. The van der Waals surface area contributed by atoms with Gasteiger partial charge in [0, 0.05) is 30.5 Å². The Hall–Kier alpha value is -1.88. The van der Waals surface area contributed by atoms with E-state index in [2.05, 4.69) is 41.5 Å². The van der Waals surface area contributed by atoms with Crippen molar-refractivity contribution < 1.29 is 4.74 Å². The van der Waals surface area contributed by atoms with E-state index in [0.717, 1.165) is 25.1 Å². The maximum absolute atomic E-state index is 5.36. The molecule has 0 amide bonds. The molecule has 0 aliphatic carbocycles. The maximum atomic E-state index is 5.36. The van der Waals surface area contributed by atoms with Crippen LogP contribution in [0.5, 0.6) is 5.88 Å². The summed E-state index contributed by atoms with van der Waals surface area (Å²) in [4.78, 5) is 4.28. The largest absolute Gasteiger partial charge is 0.481 e. The second-order valence-corrected chi connectivity index (χ2v) is 4.62. The van der Waals surface area contributed by atoms with Crippen LogP contribution in [0.15, 0.2) is 30.7 Å². The van der Waals surface area contributed by atoms with Gasteiger partial charge in [-0.05, 0) is 31.5 Å². The molecule has 2 aromatic heterocycles. The molecule has 0 aliphatic rings. The molecule has 1 atom stereocenters. The van der Waals surface area contributed by atoms with Crippen molar-refractivity contribution in [1.29, 1.82) is 0 Å². The van der Waals surface area contributed by atoms with Crippen molar-refractivity contribution in [3.63, 3.8) is 0 Å². The number of aryl methyl sites for hydroxylation is 1. The minimum Gasteiger partial charge on any atom is -0.481 e. The number of rotatable bonds is 7. The molecule has 0 aromatic carbocycles. The quantitative estimate of drug-likeness (QED) is 0.841. The van der Waals surface area contributed by atoms with Crippen molar-refractivity contribution in [3.05, 3.63) is 41.9 Å². The highest BCUT2D eigenvalue weighted by Gasteiger charge is 2.17. The van der Waals surface area contributed by atoms with Gasteiger partial charge < -0.3 is 10.1 Å². The van der Waals surface area contributed by atoms with Crippen LogP contribution in [0.3, 0.4) is 0 Å². The summed E-state index contributed by atoms with van der Waals surface area (Å²) in [6, 6.07) is 4.18. The van der Waals surface area contributed by atoms with E-state index < -0.39 is 0 Å². The first-order valence-electron chi connectivity index (χ1n) is 7.02. The normalized spacial score (nSPS) is 12.3. The third-order valence-corrected chi connectivity index (χ3v) is 3.27. The lowest BCUT2D eigenvalue weighted by Crippen LogP contribution is -2.23. The number of aromatic nitrogens is 3. The highest BCUT2D eigenvalue weighted by molar-refractivity contribution is 5.30. The fourth-order valence-electron chi connectivity index (χ4n) is 2.30. The van der Waals surface area contributed by atoms with Crippen molar-refractivity contribution in [1.82, 2.24) is 20.1 Å². The van der Waals surface area contributed by atoms with Crippen LogP contribution in [-0.4, -0.2) is 28.4 Å². The summed E-state index contributed by atoms with van der Waals surface area (Å²) in [6.45, 7) is 5.97. The zero-order valence-corrected chi connectivity index (χ0v) is 12.3. The van der Waals surface area contributed by atoms with Gasteiger partial charge in [-0.3, -0.25) is 4.68 Å². The average molecular weight is 274 g/mol. The van der Waals surface area contributed by atoms with Gasteiger partial charge in [0.2, 0.25) is 5.88 Å². The second-order valence-electron chi connectivity index (χ2n) is 4.62. The molecule has 0 saturated carbocycles.